The third-order valence-corrected chi connectivity index (χ3v) is 5.60. The maximum Gasteiger partial charge on any atom is 0.407 e. The second-order valence-electron chi connectivity index (χ2n) is 9.57. The molecule has 1 atom stereocenters. The fourth-order valence-electron chi connectivity index (χ4n) is 3.99. The van der Waals surface area contributed by atoms with Gasteiger partial charge in [-0.15, -0.1) is 0 Å². The fourth-order valence-corrected chi connectivity index (χ4v) is 3.99. The summed E-state index contributed by atoms with van der Waals surface area (Å²) < 4.78 is 16.0. The molecule has 3 N–H and O–H groups in total. The van der Waals surface area contributed by atoms with E-state index >= 15 is 0 Å². The van der Waals surface area contributed by atoms with Crippen LogP contribution < -0.4 is 10.6 Å². The number of hydrogen-bond acceptors (Lipinski definition) is 6. The van der Waals surface area contributed by atoms with Crippen LogP contribution in [0.25, 0.3) is 11.1 Å². The molecular weight excluding hydrogens is 464 g/mol. The molecule has 0 spiro atoms. The minimum atomic E-state index is -1.24. The number of ether oxygens (including phenoxy) is 3. The molecule has 0 fully saturated rings. The van der Waals surface area contributed by atoms with Crippen molar-refractivity contribution < 1.29 is 33.7 Å². The Morgan fingerprint density at radius 1 is 0.944 bits per heavy atom. The molecule has 1 aliphatic carbocycles. The molecule has 0 unspecified atom stereocenters. The molecule has 0 bridgehead atoms. The summed E-state index contributed by atoms with van der Waals surface area (Å²) in [6.45, 7) is 5.96. The topological polar surface area (TPSA) is 123 Å². The lowest BCUT2D eigenvalue weighted by Crippen LogP contribution is -2.44. The van der Waals surface area contributed by atoms with Crippen molar-refractivity contribution in [1.82, 2.24) is 10.6 Å². The van der Waals surface area contributed by atoms with Crippen LogP contribution >= 0.6 is 0 Å². The predicted octanol–water partition coefficient (Wildman–Crippen LogP) is 4.30. The number of rotatable bonds is 11. The molecule has 2 aromatic carbocycles. The summed E-state index contributed by atoms with van der Waals surface area (Å²) in [5, 5.41) is 14.5. The molecule has 3 rings (SSSR count). The van der Waals surface area contributed by atoms with Gasteiger partial charge in [0.15, 0.2) is 6.04 Å². The van der Waals surface area contributed by atoms with Crippen LogP contribution in [0, 0.1) is 0 Å². The predicted molar refractivity (Wildman–Crippen MR) is 134 cm³/mol. The molecule has 0 saturated carbocycles. The van der Waals surface area contributed by atoms with Gasteiger partial charge >= 0.3 is 18.2 Å². The summed E-state index contributed by atoms with van der Waals surface area (Å²) in [4.78, 5) is 35.5. The molecule has 0 radical (unpaired) electrons. The van der Waals surface area contributed by atoms with Crippen LogP contribution in [-0.4, -0.2) is 61.3 Å². The Morgan fingerprint density at radius 3 is 2.14 bits per heavy atom. The standard InChI is InChI=1S/C27H34N2O7/c1-27(2,3)36-25(32)28-14-8-9-15-34-17-23(24(30)31)29-26(33)35-16-22-20-12-6-4-10-18(20)19-11-5-7-13-21(19)22/h4-7,10-13,22-23H,8-9,14-17H2,1-3H3,(H,28,32)(H,29,33)(H,30,31)/t23-/m0/s1. The maximum absolute atomic E-state index is 12.4. The first-order valence-corrected chi connectivity index (χ1v) is 12.0. The number of carboxylic acid groups (broad SMARTS) is 1. The highest BCUT2D eigenvalue weighted by Crippen LogP contribution is 2.44. The first kappa shape index (κ1) is 27.0. The molecule has 0 aliphatic heterocycles. The number of nitrogens with one attached hydrogen (secondary N) is 2. The highest BCUT2D eigenvalue weighted by molar-refractivity contribution is 5.81. The number of aliphatic carboxylic acids is 1. The van der Waals surface area contributed by atoms with E-state index in [1.54, 1.807) is 20.8 Å². The number of hydrogen-bond donors (Lipinski definition) is 3. The first-order chi connectivity index (χ1) is 17.2. The van der Waals surface area contributed by atoms with Crippen LogP contribution in [0.5, 0.6) is 0 Å². The van der Waals surface area contributed by atoms with E-state index in [0.29, 0.717) is 19.4 Å². The number of unbranched alkanes of at least 4 members (excludes halogenated alkanes) is 1. The molecule has 9 nitrogen and oxygen atoms in total. The van der Waals surface area contributed by atoms with Crippen molar-refractivity contribution in [2.75, 3.05) is 26.4 Å². The van der Waals surface area contributed by atoms with E-state index in [9.17, 15) is 19.5 Å². The molecule has 1 aliphatic rings. The van der Waals surface area contributed by atoms with Gasteiger partial charge in [0.2, 0.25) is 0 Å². The monoisotopic (exact) mass is 498 g/mol. The second kappa shape index (κ2) is 12.4. The number of carboxylic acids is 1. The molecule has 36 heavy (non-hydrogen) atoms. The van der Waals surface area contributed by atoms with Gasteiger partial charge in [-0.25, -0.2) is 14.4 Å². The summed E-state index contributed by atoms with van der Waals surface area (Å²) >= 11 is 0. The Morgan fingerprint density at radius 2 is 1.56 bits per heavy atom. The number of alkyl carbamates (subject to hydrolysis) is 2. The van der Waals surface area contributed by atoms with E-state index in [2.05, 4.69) is 10.6 Å². The number of benzene rings is 2. The van der Waals surface area contributed by atoms with E-state index in [1.807, 2.05) is 48.5 Å². The molecule has 9 heteroatoms. The van der Waals surface area contributed by atoms with E-state index in [4.69, 9.17) is 14.2 Å². The zero-order valence-corrected chi connectivity index (χ0v) is 20.9. The van der Waals surface area contributed by atoms with Crippen LogP contribution in [0.15, 0.2) is 48.5 Å². The van der Waals surface area contributed by atoms with Crippen LogP contribution in [0.3, 0.4) is 0 Å². The van der Waals surface area contributed by atoms with Gasteiger partial charge in [0, 0.05) is 19.1 Å². The Hall–Kier alpha value is -3.59. The van der Waals surface area contributed by atoms with E-state index in [1.165, 1.54) is 0 Å². The molecule has 0 aromatic heterocycles. The summed E-state index contributed by atoms with van der Waals surface area (Å²) in [6, 6.07) is 14.7. The van der Waals surface area contributed by atoms with Crippen LogP contribution in [0.2, 0.25) is 0 Å². The number of carbonyl (C=O) groups excluding carboxylic acids is 2. The Labute approximate surface area is 211 Å². The average Bonchev–Trinajstić information content (AvgIpc) is 3.14. The normalized spacial score (nSPS) is 13.3. The van der Waals surface area contributed by atoms with E-state index in [0.717, 1.165) is 22.3 Å². The van der Waals surface area contributed by atoms with Gasteiger partial charge in [-0.2, -0.15) is 0 Å². The third kappa shape index (κ3) is 7.71. The van der Waals surface area contributed by atoms with Gasteiger partial charge in [0.1, 0.15) is 12.2 Å². The summed E-state index contributed by atoms with van der Waals surface area (Å²) in [5.74, 6) is -1.33. The molecule has 0 saturated heterocycles. The quantitative estimate of drug-likeness (QED) is 0.395. The van der Waals surface area contributed by atoms with Crippen molar-refractivity contribution in [3.8, 4) is 11.1 Å². The smallest absolute Gasteiger partial charge is 0.407 e. The zero-order valence-electron chi connectivity index (χ0n) is 20.9. The highest BCUT2D eigenvalue weighted by Gasteiger charge is 2.29. The number of fused-ring (bicyclic) bond motifs is 3. The largest absolute Gasteiger partial charge is 0.480 e. The van der Waals surface area contributed by atoms with Crippen molar-refractivity contribution in [1.29, 1.82) is 0 Å². The minimum absolute atomic E-state index is 0.0949. The second-order valence-corrected chi connectivity index (χ2v) is 9.57. The molecule has 0 heterocycles. The summed E-state index contributed by atoms with van der Waals surface area (Å²) in [6.07, 6.45) is -0.0554. The third-order valence-electron chi connectivity index (χ3n) is 5.60. The van der Waals surface area contributed by atoms with Gasteiger partial charge in [0.25, 0.3) is 0 Å². The Bertz CT molecular complexity index is 1020. The van der Waals surface area contributed by atoms with Gasteiger partial charge in [-0.05, 0) is 55.9 Å². The van der Waals surface area contributed by atoms with E-state index < -0.39 is 29.8 Å². The van der Waals surface area contributed by atoms with Crippen molar-refractivity contribution in [3.05, 3.63) is 59.7 Å². The van der Waals surface area contributed by atoms with Crippen molar-refractivity contribution >= 4 is 18.2 Å². The average molecular weight is 499 g/mol. The molecule has 2 aromatic rings. The lowest BCUT2D eigenvalue weighted by atomic mass is 9.98. The highest BCUT2D eigenvalue weighted by atomic mass is 16.6. The van der Waals surface area contributed by atoms with Crippen molar-refractivity contribution in [2.24, 2.45) is 0 Å². The van der Waals surface area contributed by atoms with Gasteiger partial charge in [-0.1, -0.05) is 48.5 Å². The number of amides is 2. The molecule has 2 amide bonds. The van der Waals surface area contributed by atoms with Crippen LogP contribution in [-0.2, 0) is 19.0 Å². The minimum Gasteiger partial charge on any atom is -0.480 e. The van der Waals surface area contributed by atoms with Gasteiger partial charge in [0.05, 0.1) is 6.61 Å². The lowest BCUT2D eigenvalue weighted by molar-refractivity contribution is -0.141. The SMILES string of the molecule is CC(C)(C)OC(=O)NCCCCOC[C@H](NC(=O)OCC1c2ccccc2-c2ccccc21)C(=O)O. The fraction of sp³-hybridized carbons (Fsp3) is 0.444. The van der Waals surface area contributed by atoms with Crippen LogP contribution in [0.4, 0.5) is 9.59 Å². The Balaban J connectivity index is 1.39. The summed E-state index contributed by atoms with van der Waals surface area (Å²) in [5.41, 5.74) is 3.82. The van der Waals surface area contributed by atoms with E-state index in [-0.39, 0.29) is 25.7 Å². The maximum atomic E-state index is 12.4. The Kier molecular flexibility index (Phi) is 9.30. The van der Waals surface area contributed by atoms with Gasteiger partial charge in [-0.3, -0.25) is 0 Å². The molecular formula is C27H34N2O7. The number of carbonyl (C=O) groups is 3. The van der Waals surface area contributed by atoms with Gasteiger partial charge < -0.3 is 30.0 Å². The zero-order chi connectivity index (χ0) is 26.1. The van der Waals surface area contributed by atoms with Crippen molar-refractivity contribution in [3.63, 3.8) is 0 Å². The molecule has 194 valence electrons. The lowest BCUT2D eigenvalue weighted by Gasteiger charge is -2.19. The van der Waals surface area contributed by atoms with Crippen molar-refractivity contribution in [2.45, 2.75) is 51.2 Å². The van der Waals surface area contributed by atoms with Crippen LogP contribution in [0.1, 0.15) is 50.7 Å². The first-order valence-electron chi connectivity index (χ1n) is 12.0. The summed E-state index contributed by atoms with van der Waals surface area (Å²) in [7, 11) is 0.